The third-order valence-electron chi connectivity index (χ3n) is 6.15. The minimum absolute atomic E-state index is 0.00465. The van der Waals surface area contributed by atoms with E-state index in [1.165, 1.54) is 24.3 Å². The van der Waals surface area contributed by atoms with Crippen molar-refractivity contribution in [2.24, 2.45) is 4.99 Å². The first-order valence-electron chi connectivity index (χ1n) is 11.6. The first-order chi connectivity index (χ1) is 17.1. The fourth-order valence-electron chi connectivity index (χ4n) is 4.23. The molecule has 192 valence electrons. The molecule has 1 saturated heterocycles. The van der Waals surface area contributed by atoms with Crippen molar-refractivity contribution in [1.82, 2.24) is 15.2 Å². The molecule has 7 nitrogen and oxygen atoms in total. The van der Waals surface area contributed by atoms with E-state index in [-0.39, 0.29) is 11.4 Å². The molecule has 0 saturated carbocycles. The fourth-order valence-corrected chi connectivity index (χ4v) is 4.23. The average molecular weight is 506 g/mol. The van der Waals surface area contributed by atoms with Crippen molar-refractivity contribution >= 4 is 33.9 Å². The van der Waals surface area contributed by atoms with Gasteiger partial charge in [-0.3, -0.25) is 9.79 Å². The number of nitrogens with zero attached hydrogens (tertiary/aromatic N) is 3. The molecule has 2 heterocycles. The molecule has 1 aromatic heterocycles. The number of aliphatic imine (C=N–C) groups is 1. The normalized spacial score (nSPS) is 15.5. The van der Waals surface area contributed by atoms with Gasteiger partial charge >= 0.3 is 6.18 Å². The van der Waals surface area contributed by atoms with Crippen LogP contribution in [0.15, 0.2) is 41.4 Å². The van der Waals surface area contributed by atoms with E-state index < -0.39 is 24.4 Å². The van der Waals surface area contributed by atoms with Gasteiger partial charge in [-0.25, -0.2) is 4.39 Å². The van der Waals surface area contributed by atoms with Gasteiger partial charge in [-0.2, -0.15) is 13.2 Å². The van der Waals surface area contributed by atoms with E-state index in [9.17, 15) is 27.5 Å². The van der Waals surface area contributed by atoms with Crippen molar-refractivity contribution in [1.29, 1.82) is 0 Å². The maximum Gasteiger partial charge on any atom is 0.405 e. The lowest BCUT2D eigenvalue weighted by Gasteiger charge is -2.34. The summed E-state index contributed by atoms with van der Waals surface area (Å²) in [6.07, 6.45) is -4.17. The highest BCUT2D eigenvalue weighted by Gasteiger charge is 2.28. The molecule has 36 heavy (non-hydrogen) atoms. The molecule has 3 aromatic rings. The molecule has 4 rings (SSSR count). The van der Waals surface area contributed by atoms with E-state index in [4.69, 9.17) is 0 Å². The highest BCUT2D eigenvalue weighted by molar-refractivity contribution is 6.14. The van der Waals surface area contributed by atoms with Gasteiger partial charge in [0, 0.05) is 48.7 Å². The van der Waals surface area contributed by atoms with Crippen LogP contribution in [-0.2, 0) is 0 Å². The Labute approximate surface area is 205 Å². The van der Waals surface area contributed by atoms with Gasteiger partial charge in [0.05, 0.1) is 22.6 Å². The minimum atomic E-state index is -4.53. The van der Waals surface area contributed by atoms with Gasteiger partial charge in [0.15, 0.2) is 5.88 Å². The number of likely N-dealkylation sites (N-methyl/N-ethyl adjacent to an activating group) is 1. The van der Waals surface area contributed by atoms with Crippen LogP contribution < -0.4 is 10.2 Å². The smallest absolute Gasteiger partial charge is 0.405 e. The zero-order valence-corrected chi connectivity index (χ0v) is 19.9. The number of aromatic nitrogens is 1. The van der Waals surface area contributed by atoms with Crippen LogP contribution in [0.4, 0.5) is 28.9 Å². The van der Waals surface area contributed by atoms with E-state index in [2.05, 4.69) is 14.9 Å². The van der Waals surface area contributed by atoms with E-state index in [0.717, 1.165) is 26.2 Å². The number of carbonyl (C=O) groups is 1. The zero-order chi connectivity index (χ0) is 26.0. The van der Waals surface area contributed by atoms with Gasteiger partial charge in [-0.05, 0) is 43.8 Å². The van der Waals surface area contributed by atoms with Crippen molar-refractivity contribution < 1.29 is 27.5 Å². The second-order valence-electron chi connectivity index (χ2n) is 8.74. The molecule has 2 aromatic carbocycles. The molecular weight excluding hydrogens is 478 g/mol. The lowest BCUT2D eigenvalue weighted by molar-refractivity contribution is -0.123. The maximum atomic E-state index is 15.0. The third-order valence-corrected chi connectivity index (χ3v) is 6.15. The summed E-state index contributed by atoms with van der Waals surface area (Å²) in [4.78, 5) is 23.8. The topological polar surface area (TPSA) is 84.0 Å². The van der Waals surface area contributed by atoms with Gasteiger partial charge in [-0.15, -0.1) is 0 Å². The van der Waals surface area contributed by atoms with Crippen LogP contribution in [0.2, 0.25) is 0 Å². The summed E-state index contributed by atoms with van der Waals surface area (Å²) in [5.74, 6) is -1.49. The molecule has 0 spiro atoms. The number of fused-ring (bicyclic) bond motifs is 1. The van der Waals surface area contributed by atoms with Gasteiger partial charge in [0.25, 0.3) is 5.91 Å². The lowest BCUT2D eigenvalue weighted by atomic mass is 10.0. The van der Waals surface area contributed by atoms with E-state index >= 15 is 0 Å². The second-order valence-corrected chi connectivity index (χ2v) is 8.74. The first kappa shape index (κ1) is 25.5. The number of benzene rings is 2. The van der Waals surface area contributed by atoms with Crippen LogP contribution in [0.5, 0.6) is 5.88 Å². The van der Waals surface area contributed by atoms with Crippen molar-refractivity contribution in [2.75, 3.05) is 44.7 Å². The molecule has 11 heteroatoms. The summed E-state index contributed by atoms with van der Waals surface area (Å²) < 4.78 is 52.4. The lowest BCUT2D eigenvalue weighted by Crippen LogP contribution is -2.44. The maximum absolute atomic E-state index is 15.0. The van der Waals surface area contributed by atoms with Crippen LogP contribution in [0.25, 0.3) is 10.9 Å². The molecule has 1 aliphatic heterocycles. The number of halogens is 4. The Kier molecular flexibility index (Phi) is 7.21. The number of amides is 1. The first-order valence-corrected chi connectivity index (χ1v) is 11.6. The van der Waals surface area contributed by atoms with Crippen molar-refractivity contribution in [3.8, 4) is 5.88 Å². The van der Waals surface area contributed by atoms with E-state index in [1.807, 2.05) is 24.2 Å². The molecule has 1 amide bonds. The fraction of sp³-hybridized carbons (Fsp3) is 0.360. The Hall–Kier alpha value is -3.60. The van der Waals surface area contributed by atoms with Crippen LogP contribution in [-0.4, -0.2) is 72.6 Å². The number of H-pyrrole nitrogens is 1. The Morgan fingerprint density at radius 2 is 1.86 bits per heavy atom. The quantitative estimate of drug-likeness (QED) is 0.338. The number of aromatic hydroxyl groups is 1. The molecule has 1 fully saturated rings. The van der Waals surface area contributed by atoms with Gasteiger partial charge in [0.1, 0.15) is 12.4 Å². The van der Waals surface area contributed by atoms with E-state index in [1.54, 1.807) is 12.1 Å². The predicted octanol–water partition coefficient (Wildman–Crippen LogP) is 4.59. The number of hydrogen-bond acceptors (Lipinski definition) is 5. The molecule has 0 atom stereocenters. The summed E-state index contributed by atoms with van der Waals surface area (Å²) >= 11 is 0. The SMILES string of the molecule is CCC(=Nc1ccc(N2CCN(C)CC2)c(F)c1)c1c(O)[nH]c2ccc(C(=O)NCC(F)(F)F)cc12. The van der Waals surface area contributed by atoms with Crippen LogP contribution in [0.3, 0.4) is 0 Å². The highest BCUT2D eigenvalue weighted by Crippen LogP contribution is 2.32. The monoisotopic (exact) mass is 505 g/mol. The Morgan fingerprint density at radius 3 is 2.50 bits per heavy atom. The largest absolute Gasteiger partial charge is 0.494 e. The van der Waals surface area contributed by atoms with Crippen LogP contribution in [0.1, 0.15) is 29.3 Å². The third kappa shape index (κ3) is 5.62. The summed E-state index contributed by atoms with van der Waals surface area (Å²) in [5.41, 5.74) is 2.08. The minimum Gasteiger partial charge on any atom is -0.494 e. The molecule has 0 radical (unpaired) electrons. The summed E-state index contributed by atoms with van der Waals surface area (Å²) in [6, 6.07) is 8.99. The number of piperazine rings is 1. The van der Waals surface area contributed by atoms with Gasteiger partial charge in [-0.1, -0.05) is 6.92 Å². The number of carbonyl (C=O) groups excluding carboxylic acids is 1. The molecule has 0 aliphatic carbocycles. The highest BCUT2D eigenvalue weighted by atomic mass is 19.4. The zero-order valence-electron chi connectivity index (χ0n) is 19.9. The number of aromatic amines is 1. The molecule has 3 N–H and O–H groups in total. The number of hydrogen-bond donors (Lipinski definition) is 3. The standard InChI is InChI=1S/C25H27F4N5O2/c1-3-19(31-16-5-7-21(18(26)13-16)34-10-8-33(2)9-11-34)22-17-12-15(4-6-20(17)32-24(22)36)23(35)30-14-25(27,28)29/h4-7,12-13,32,36H,3,8-11,14H2,1-2H3,(H,30,35). The summed E-state index contributed by atoms with van der Waals surface area (Å²) in [7, 11) is 2.02. The van der Waals surface area contributed by atoms with Gasteiger partial charge < -0.3 is 25.2 Å². The number of nitrogens with one attached hydrogen (secondary N) is 2. The summed E-state index contributed by atoms with van der Waals surface area (Å²) in [5, 5.41) is 12.8. The number of alkyl halides is 3. The average Bonchev–Trinajstić information content (AvgIpc) is 3.16. The molecular formula is C25H27F4N5O2. The number of anilines is 1. The Balaban J connectivity index is 1.64. The molecule has 1 aliphatic rings. The van der Waals surface area contributed by atoms with E-state index in [0.29, 0.717) is 40.0 Å². The van der Waals surface area contributed by atoms with Gasteiger partial charge in [0.2, 0.25) is 0 Å². The molecule has 0 bridgehead atoms. The molecule has 0 unspecified atom stereocenters. The summed E-state index contributed by atoms with van der Waals surface area (Å²) in [6.45, 7) is 3.49. The van der Waals surface area contributed by atoms with Crippen molar-refractivity contribution in [3.63, 3.8) is 0 Å². The van der Waals surface area contributed by atoms with Crippen LogP contribution >= 0.6 is 0 Å². The number of rotatable bonds is 6. The Morgan fingerprint density at radius 1 is 1.14 bits per heavy atom. The predicted molar refractivity (Wildman–Crippen MR) is 131 cm³/mol. The van der Waals surface area contributed by atoms with Crippen LogP contribution in [0, 0.1) is 5.82 Å². The van der Waals surface area contributed by atoms with Crippen molar-refractivity contribution in [3.05, 3.63) is 53.3 Å². The second kappa shape index (κ2) is 10.2. The Bertz CT molecular complexity index is 1290. The van der Waals surface area contributed by atoms with Crippen molar-refractivity contribution in [2.45, 2.75) is 19.5 Å².